The monoisotopic (exact) mass is 339 g/mol. The summed E-state index contributed by atoms with van der Waals surface area (Å²) in [5.74, 6) is 2.34. The summed E-state index contributed by atoms with van der Waals surface area (Å²) in [6.07, 6.45) is 3.08. The highest BCUT2D eigenvalue weighted by molar-refractivity contribution is 5.76. The second-order valence-corrected chi connectivity index (χ2v) is 5.12. The number of rotatable bonds is 6. The summed E-state index contributed by atoms with van der Waals surface area (Å²) in [7, 11) is 4.73. The molecule has 0 aliphatic carbocycles. The van der Waals surface area contributed by atoms with Crippen molar-refractivity contribution in [2.45, 2.75) is 6.54 Å². The summed E-state index contributed by atoms with van der Waals surface area (Å²) in [5, 5.41) is 17.1. The molecule has 0 radical (unpaired) electrons. The van der Waals surface area contributed by atoms with Gasteiger partial charge in [0.25, 0.3) is 0 Å². The van der Waals surface area contributed by atoms with Crippen LogP contribution in [0.4, 0.5) is 5.82 Å². The van der Waals surface area contributed by atoms with Crippen molar-refractivity contribution in [3.63, 3.8) is 0 Å². The third kappa shape index (κ3) is 2.99. The Morgan fingerprint density at radius 2 is 1.96 bits per heavy atom. The van der Waals surface area contributed by atoms with Crippen LogP contribution in [0.15, 0.2) is 30.7 Å². The lowest BCUT2D eigenvalue weighted by Crippen LogP contribution is -2.03. The van der Waals surface area contributed by atoms with Crippen molar-refractivity contribution in [1.29, 1.82) is 5.26 Å². The van der Waals surface area contributed by atoms with Gasteiger partial charge in [-0.1, -0.05) is 0 Å². The van der Waals surface area contributed by atoms with Gasteiger partial charge in [-0.05, 0) is 12.1 Å². The van der Waals surface area contributed by atoms with Gasteiger partial charge in [0, 0.05) is 18.2 Å². The molecule has 3 rings (SSSR count). The second kappa shape index (κ2) is 6.97. The molecular formula is C17H17N5O3. The quantitative estimate of drug-likeness (QED) is 0.736. The summed E-state index contributed by atoms with van der Waals surface area (Å²) in [6.45, 7) is 0.432. The molecule has 0 fully saturated rings. The minimum absolute atomic E-state index is 0.395. The molecular weight excluding hydrogens is 322 g/mol. The number of nitrogens with one attached hydrogen (secondary N) is 1. The summed E-state index contributed by atoms with van der Waals surface area (Å²) < 4.78 is 17.4. The molecule has 0 atom stereocenters. The predicted octanol–water partition coefficient (Wildman–Crippen LogP) is 2.24. The van der Waals surface area contributed by atoms with Gasteiger partial charge in [-0.3, -0.25) is 0 Å². The Hall–Kier alpha value is -3.47. The predicted molar refractivity (Wildman–Crippen MR) is 91.1 cm³/mol. The minimum atomic E-state index is 0.395. The van der Waals surface area contributed by atoms with Crippen molar-refractivity contribution in [2.24, 2.45) is 0 Å². The van der Waals surface area contributed by atoms with E-state index in [1.807, 2.05) is 12.1 Å². The molecule has 0 amide bonds. The number of nitrogens with zero attached hydrogens (tertiary/aromatic N) is 4. The van der Waals surface area contributed by atoms with Gasteiger partial charge in [0.05, 0.1) is 27.5 Å². The molecule has 0 bridgehead atoms. The van der Waals surface area contributed by atoms with E-state index in [2.05, 4.69) is 21.5 Å². The minimum Gasteiger partial charge on any atom is -0.497 e. The molecule has 128 valence electrons. The van der Waals surface area contributed by atoms with Gasteiger partial charge >= 0.3 is 0 Å². The summed E-state index contributed by atoms with van der Waals surface area (Å²) in [5.41, 5.74) is 1.88. The Kier molecular flexibility index (Phi) is 4.57. The van der Waals surface area contributed by atoms with Crippen molar-refractivity contribution in [3.05, 3.63) is 41.9 Å². The van der Waals surface area contributed by atoms with E-state index < -0.39 is 0 Å². The van der Waals surface area contributed by atoms with E-state index >= 15 is 0 Å². The molecule has 0 aliphatic heterocycles. The van der Waals surface area contributed by atoms with Gasteiger partial charge in [-0.15, -0.1) is 5.10 Å². The van der Waals surface area contributed by atoms with Crippen molar-refractivity contribution >= 4 is 11.3 Å². The summed E-state index contributed by atoms with van der Waals surface area (Å²) >= 11 is 0. The zero-order chi connectivity index (χ0) is 17.8. The average molecular weight is 339 g/mol. The Bertz CT molecular complexity index is 945. The fraction of sp³-hybridized carbons (Fsp3) is 0.235. The van der Waals surface area contributed by atoms with E-state index in [-0.39, 0.29) is 0 Å². The van der Waals surface area contributed by atoms with Crippen LogP contribution in [0.5, 0.6) is 17.2 Å². The number of methoxy groups -OCH3 is 3. The van der Waals surface area contributed by atoms with E-state index in [4.69, 9.17) is 14.2 Å². The molecule has 2 aromatic heterocycles. The lowest BCUT2D eigenvalue weighted by atomic mass is 10.2. The molecule has 8 nitrogen and oxygen atoms in total. The van der Waals surface area contributed by atoms with Gasteiger partial charge in [-0.2, -0.15) is 5.26 Å². The molecule has 8 heteroatoms. The first-order valence-electron chi connectivity index (χ1n) is 7.47. The summed E-state index contributed by atoms with van der Waals surface area (Å²) in [6, 6.07) is 7.72. The second-order valence-electron chi connectivity index (χ2n) is 5.12. The molecule has 3 aromatic rings. The SMILES string of the molecule is COc1ccc(CNc2nn3cncc(OC)c3c2C#N)c(OC)c1. The normalized spacial score (nSPS) is 10.3. The fourth-order valence-corrected chi connectivity index (χ4v) is 2.54. The van der Waals surface area contributed by atoms with Crippen molar-refractivity contribution in [1.82, 2.24) is 14.6 Å². The number of aromatic nitrogens is 3. The van der Waals surface area contributed by atoms with Crippen LogP contribution in [-0.2, 0) is 6.54 Å². The molecule has 0 unspecified atom stereocenters. The maximum Gasteiger partial charge on any atom is 0.167 e. The highest BCUT2D eigenvalue weighted by Gasteiger charge is 2.17. The topological polar surface area (TPSA) is 93.7 Å². The molecule has 2 heterocycles. The van der Waals surface area contributed by atoms with Gasteiger partial charge in [0.1, 0.15) is 35.0 Å². The van der Waals surface area contributed by atoms with E-state index in [0.717, 1.165) is 5.56 Å². The van der Waals surface area contributed by atoms with Crippen LogP contribution in [0.25, 0.3) is 5.52 Å². The molecule has 0 aliphatic rings. The van der Waals surface area contributed by atoms with Crippen LogP contribution in [0, 0.1) is 11.3 Å². The van der Waals surface area contributed by atoms with E-state index in [1.54, 1.807) is 26.5 Å². The Balaban J connectivity index is 1.93. The van der Waals surface area contributed by atoms with Crippen LogP contribution in [0.1, 0.15) is 11.1 Å². The van der Waals surface area contributed by atoms with Gasteiger partial charge in [0.15, 0.2) is 11.6 Å². The lowest BCUT2D eigenvalue weighted by molar-refractivity contribution is 0.391. The van der Waals surface area contributed by atoms with E-state index in [0.29, 0.717) is 40.7 Å². The first-order chi connectivity index (χ1) is 12.2. The number of fused-ring (bicyclic) bond motifs is 1. The third-order valence-corrected chi connectivity index (χ3v) is 3.78. The number of benzene rings is 1. The maximum absolute atomic E-state index is 9.53. The van der Waals surface area contributed by atoms with Crippen LogP contribution in [0.2, 0.25) is 0 Å². The standard InChI is InChI=1S/C17H17N5O3/c1-23-12-5-4-11(14(6-12)24-2)8-20-17-13(7-18)16-15(25-3)9-19-10-22(16)21-17/h4-6,9-10H,8H2,1-3H3,(H,20,21). The Labute approximate surface area is 144 Å². The van der Waals surface area contributed by atoms with E-state index in [1.165, 1.54) is 18.0 Å². The highest BCUT2D eigenvalue weighted by Crippen LogP contribution is 2.29. The van der Waals surface area contributed by atoms with Crippen LogP contribution in [-0.4, -0.2) is 35.9 Å². The number of hydrogen-bond donors (Lipinski definition) is 1. The van der Waals surface area contributed by atoms with Crippen LogP contribution >= 0.6 is 0 Å². The van der Waals surface area contributed by atoms with Gasteiger partial charge in [-0.25, -0.2) is 9.50 Å². The van der Waals surface area contributed by atoms with E-state index in [9.17, 15) is 5.26 Å². The molecule has 0 spiro atoms. The van der Waals surface area contributed by atoms with Gasteiger partial charge < -0.3 is 19.5 Å². The van der Waals surface area contributed by atoms with Crippen molar-refractivity contribution < 1.29 is 14.2 Å². The van der Waals surface area contributed by atoms with Crippen molar-refractivity contribution in [2.75, 3.05) is 26.6 Å². The maximum atomic E-state index is 9.53. The fourth-order valence-electron chi connectivity index (χ4n) is 2.54. The number of ether oxygens (including phenoxy) is 3. The lowest BCUT2D eigenvalue weighted by Gasteiger charge is -2.11. The summed E-state index contributed by atoms with van der Waals surface area (Å²) in [4.78, 5) is 4.04. The zero-order valence-electron chi connectivity index (χ0n) is 14.1. The van der Waals surface area contributed by atoms with Crippen LogP contribution < -0.4 is 19.5 Å². The number of nitriles is 1. The number of hydrogen-bond acceptors (Lipinski definition) is 7. The Morgan fingerprint density at radius 1 is 1.16 bits per heavy atom. The first-order valence-corrected chi connectivity index (χ1v) is 7.47. The largest absolute Gasteiger partial charge is 0.497 e. The molecule has 1 aromatic carbocycles. The third-order valence-electron chi connectivity index (χ3n) is 3.78. The highest BCUT2D eigenvalue weighted by atomic mass is 16.5. The molecule has 1 N–H and O–H groups in total. The average Bonchev–Trinajstić information content (AvgIpc) is 3.03. The zero-order valence-corrected chi connectivity index (χ0v) is 14.1. The molecule has 0 saturated heterocycles. The number of anilines is 1. The van der Waals surface area contributed by atoms with Gasteiger partial charge in [0.2, 0.25) is 0 Å². The van der Waals surface area contributed by atoms with Crippen LogP contribution in [0.3, 0.4) is 0 Å². The first kappa shape index (κ1) is 16.4. The molecule has 0 saturated carbocycles. The smallest absolute Gasteiger partial charge is 0.167 e. The molecule has 25 heavy (non-hydrogen) atoms. The Morgan fingerprint density at radius 3 is 2.64 bits per heavy atom. The van der Waals surface area contributed by atoms with Crippen molar-refractivity contribution in [3.8, 4) is 23.3 Å².